The molecular formula is C20H20N2O4S2. The molecule has 0 heterocycles. The van der Waals surface area contributed by atoms with Crippen LogP contribution >= 0.6 is 0 Å². The van der Waals surface area contributed by atoms with Crippen molar-refractivity contribution in [2.24, 2.45) is 0 Å². The quantitative estimate of drug-likeness (QED) is 0.637. The van der Waals surface area contributed by atoms with E-state index in [1.54, 1.807) is 36.4 Å². The van der Waals surface area contributed by atoms with Crippen LogP contribution in [-0.4, -0.2) is 16.8 Å². The maximum Gasteiger partial charge on any atom is 0.261 e. The van der Waals surface area contributed by atoms with Gasteiger partial charge in [0.25, 0.3) is 20.0 Å². The lowest BCUT2D eigenvalue weighted by Crippen LogP contribution is -2.14. The highest BCUT2D eigenvalue weighted by atomic mass is 32.2. The van der Waals surface area contributed by atoms with Crippen LogP contribution in [0.15, 0.2) is 82.6 Å². The van der Waals surface area contributed by atoms with E-state index in [0.29, 0.717) is 5.69 Å². The van der Waals surface area contributed by atoms with Gasteiger partial charge >= 0.3 is 0 Å². The van der Waals surface area contributed by atoms with Crippen molar-refractivity contribution in [3.05, 3.63) is 83.9 Å². The summed E-state index contributed by atoms with van der Waals surface area (Å²) in [6.45, 7) is 3.78. The highest BCUT2D eigenvalue weighted by Gasteiger charge is 2.16. The van der Waals surface area contributed by atoms with E-state index in [4.69, 9.17) is 0 Å². The predicted molar refractivity (Wildman–Crippen MR) is 110 cm³/mol. The Kier molecular flexibility index (Phi) is 5.44. The van der Waals surface area contributed by atoms with Gasteiger partial charge in [0, 0.05) is 11.4 Å². The van der Waals surface area contributed by atoms with Gasteiger partial charge in [0.2, 0.25) is 0 Å². The number of aryl methyl sites for hydroxylation is 2. The zero-order valence-corrected chi connectivity index (χ0v) is 17.0. The van der Waals surface area contributed by atoms with Crippen LogP contribution in [0.5, 0.6) is 0 Å². The molecule has 0 saturated carbocycles. The van der Waals surface area contributed by atoms with Gasteiger partial charge < -0.3 is 0 Å². The lowest BCUT2D eigenvalue weighted by atomic mass is 10.2. The molecule has 0 aromatic heterocycles. The van der Waals surface area contributed by atoms with E-state index in [9.17, 15) is 16.8 Å². The number of hydrogen-bond donors (Lipinski definition) is 2. The standard InChI is InChI=1S/C20H20N2O4S2/c1-15-3-7-17(8-4-15)21-28(25,26)20-13-9-18(10-14-20)22-27(23,24)19-11-5-16(2)6-12-19/h3-14,21-22H,1-2H3. The first-order valence-electron chi connectivity index (χ1n) is 8.45. The average molecular weight is 417 g/mol. The molecule has 0 saturated heterocycles. The molecule has 0 aliphatic rings. The first-order chi connectivity index (χ1) is 13.2. The van der Waals surface area contributed by atoms with Crippen LogP contribution in [0.3, 0.4) is 0 Å². The maximum atomic E-state index is 12.5. The number of nitrogens with one attached hydrogen (secondary N) is 2. The second kappa shape index (κ2) is 7.65. The molecule has 0 atom stereocenters. The highest BCUT2D eigenvalue weighted by molar-refractivity contribution is 7.93. The summed E-state index contributed by atoms with van der Waals surface area (Å²) in [5.74, 6) is 0. The molecule has 146 valence electrons. The number of hydrogen-bond acceptors (Lipinski definition) is 4. The number of benzene rings is 3. The molecule has 0 unspecified atom stereocenters. The van der Waals surface area contributed by atoms with Gasteiger partial charge in [0.05, 0.1) is 9.79 Å². The van der Waals surface area contributed by atoms with Crippen LogP contribution in [0.25, 0.3) is 0 Å². The van der Waals surface area contributed by atoms with Crippen molar-refractivity contribution in [3.63, 3.8) is 0 Å². The molecule has 0 fully saturated rings. The smallest absolute Gasteiger partial charge is 0.261 e. The van der Waals surface area contributed by atoms with Crippen molar-refractivity contribution in [1.29, 1.82) is 0 Å². The topological polar surface area (TPSA) is 92.3 Å². The van der Waals surface area contributed by atoms with Gasteiger partial charge in [-0.05, 0) is 62.4 Å². The largest absolute Gasteiger partial charge is 0.280 e. The molecule has 28 heavy (non-hydrogen) atoms. The van der Waals surface area contributed by atoms with Crippen molar-refractivity contribution in [2.75, 3.05) is 9.44 Å². The van der Waals surface area contributed by atoms with Crippen molar-refractivity contribution < 1.29 is 16.8 Å². The van der Waals surface area contributed by atoms with E-state index in [0.717, 1.165) is 11.1 Å². The van der Waals surface area contributed by atoms with Gasteiger partial charge in [-0.1, -0.05) is 35.4 Å². The first kappa shape index (κ1) is 19.9. The molecule has 0 radical (unpaired) electrons. The van der Waals surface area contributed by atoms with Gasteiger partial charge in [-0.25, -0.2) is 16.8 Å². The summed E-state index contributed by atoms with van der Waals surface area (Å²) in [6, 6.07) is 18.9. The van der Waals surface area contributed by atoms with Gasteiger partial charge in [0.1, 0.15) is 0 Å². The molecule has 0 spiro atoms. The Morgan fingerprint density at radius 1 is 0.500 bits per heavy atom. The molecule has 3 aromatic carbocycles. The minimum absolute atomic E-state index is 0.0337. The van der Waals surface area contributed by atoms with E-state index in [1.807, 2.05) is 13.8 Å². The summed E-state index contributed by atoms with van der Waals surface area (Å²) in [5.41, 5.74) is 2.70. The second-order valence-corrected chi connectivity index (χ2v) is 9.78. The highest BCUT2D eigenvalue weighted by Crippen LogP contribution is 2.21. The fourth-order valence-corrected chi connectivity index (χ4v) is 4.59. The van der Waals surface area contributed by atoms with Gasteiger partial charge in [-0.3, -0.25) is 9.44 Å². The normalized spacial score (nSPS) is 11.8. The third kappa shape index (κ3) is 4.71. The third-order valence-electron chi connectivity index (χ3n) is 4.05. The van der Waals surface area contributed by atoms with Crippen molar-refractivity contribution >= 4 is 31.4 Å². The summed E-state index contributed by atoms with van der Waals surface area (Å²) >= 11 is 0. The molecule has 3 aromatic rings. The fourth-order valence-electron chi connectivity index (χ4n) is 2.47. The van der Waals surface area contributed by atoms with Gasteiger partial charge in [-0.15, -0.1) is 0 Å². The Bertz CT molecular complexity index is 1170. The fraction of sp³-hybridized carbons (Fsp3) is 0.100. The lowest BCUT2D eigenvalue weighted by molar-refractivity contribution is 0.600. The zero-order chi connectivity index (χ0) is 20.4. The molecule has 2 N–H and O–H groups in total. The van der Waals surface area contributed by atoms with Gasteiger partial charge in [0.15, 0.2) is 0 Å². The maximum absolute atomic E-state index is 12.5. The Labute approximate surface area is 165 Å². The number of anilines is 2. The monoisotopic (exact) mass is 416 g/mol. The molecular weight excluding hydrogens is 396 g/mol. The summed E-state index contributed by atoms with van der Waals surface area (Å²) in [7, 11) is -7.52. The predicted octanol–water partition coefficient (Wildman–Crippen LogP) is 3.91. The molecule has 6 nitrogen and oxygen atoms in total. The SMILES string of the molecule is Cc1ccc(NS(=O)(=O)c2ccc(NS(=O)(=O)c3ccc(C)cc3)cc2)cc1. The average Bonchev–Trinajstić information content (AvgIpc) is 2.64. The number of rotatable bonds is 6. The summed E-state index contributed by atoms with van der Waals surface area (Å²) in [6.07, 6.45) is 0. The molecule has 3 rings (SSSR count). The minimum Gasteiger partial charge on any atom is -0.280 e. The molecule has 0 bridgehead atoms. The Morgan fingerprint density at radius 3 is 1.18 bits per heavy atom. The lowest BCUT2D eigenvalue weighted by Gasteiger charge is -2.11. The van der Waals surface area contributed by atoms with Crippen LogP contribution in [0.1, 0.15) is 11.1 Å². The molecule has 8 heteroatoms. The second-order valence-electron chi connectivity index (χ2n) is 6.41. The van der Waals surface area contributed by atoms with E-state index >= 15 is 0 Å². The molecule has 0 aliphatic carbocycles. The Balaban J connectivity index is 1.77. The van der Waals surface area contributed by atoms with E-state index in [1.165, 1.54) is 36.4 Å². The Morgan fingerprint density at radius 2 is 0.786 bits per heavy atom. The van der Waals surface area contributed by atoms with E-state index in [-0.39, 0.29) is 15.5 Å². The van der Waals surface area contributed by atoms with Crippen molar-refractivity contribution in [1.82, 2.24) is 0 Å². The van der Waals surface area contributed by atoms with E-state index < -0.39 is 20.0 Å². The summed E-state index contributed by atoms with van der Waals surface area (Å²) in [5, 5.41) is 0. The van der Waals surface area contributed by atoms with E-state index in [2.05, 4.69) is 9.44 Å². The number of sulfonamides is 2. The summed E-state index contributed by atoms with van der Waals surface area (Å²) < 4.78 is 54.8. The Hall–Kier alpha value is -2.84. The molecule has 0 amide bonds. The minimum atomic E-state index is -3.77. The van der Waals surface area contributed by atoms with Crippen LogP contribution in [0.2, 0.25) is 0 Å². The van der Waals surface area contributed by atoms with Crippen molar-refractivity contribution in [3.8, 4) is 0 Å². The summed E-state index contributed by atoms with van der Waals surface area (Å²) in [4.78, 5) is 0.169. The first-order valence-corrected chi connectivity index (χ1v) is 11.4. The van der Waals surface area contributed by atoms with Gasteiger partial charge in [-0.2, -0.15) is 0 Å². The molecule has 0 aliphatic heterocycles. The van der Waals surface area contributed by atoms with Crippen LogP contribution in [0.4, 0.5) is 11.4 Å². The van der Waals surface area contributed by atoms with Crippen molar-refractivity contribution in [2.45, 2.75) is 23.6 Å². The zero-order valence-electron chi connectivity index (χ0n) is 15.4. The van der Waals surface area contributed by atoms with Crippen LogP contribution in [0, 0.1) is 13.8 Å². The third-order valence-corrected chi connectivity index (χ3v) is 6.85. The van der Waals surface area contributed by atoms with Crippen LogP contribution < -0.4 is 9.44 Å². The van der Waals surface area contributed by atoms with Crippen LogP contribution in [-0.2, 0) is 20.0 Å².